The minimum Gasteiger partial charge on any atom is -0.377 e. The number of nitriles is 1. The second-order valence-corrected chi connectivity index (χ2v) is 5.74. The van der Waals surface area contributed by atoms with Gasteiger partial charge in [-0.25, -0.2) is 4.98 Å². The highest BCUT2D eigenvalue weighted by molar-refractivity contribution is 7.12. The van der Waals surface area contributed by atoms with Crippen molar-refractivity contribution in [2.45, 2.75) is 26.8 Å². The van der Waals surface area contributed by atoms with Gasteiger partial charge in [0.1, 0.15) is 11.8 Å². The first-order valence-electron chi connectivity index (χ1n) is 5.80. The standard InChI is InChI=1S/C14H15N3S/c1-9-6-14(11(3)18-9)10(2)17-13-5-4-12(7-15)16-8-13/h4-6,8,10,17H,1-3H3. The quantitative estimate of drug-likeness (QED) is 0.909. The average Bonchev–Trinajstić information content (AvgIpc) is 2.69. The molecule has 4 heteroatoms. The normalized spacial score (nSPS) is 11.9. The molecule has 92 valence electrons. The van der Waals surface area contributed by atoms with Crippen molar-refractivity contribution in [1.82, 2.24) is 4.98 Å². The lowest BCUT2D eigenvalue weighted by molar-refractivity contribution is 0.879. The molecule has 1 N–H and O–H groups in total. The summed E-state index contributed by atoms with van der Waals surface area (Å²) in [5.74, 6) is 0. The van der Waals surface area contributed by atoms with Crippen molar-refractivity contribution in [3.05, 3.63) is 45.4 Å². The van der Waals surface area contributed by atoms with Crippen molar-refractivity contribution in [2.24, 2.45) is 0 Å². The van der Waals surface area contributed by atoms with Crippen molar-refractivity contribution >= 4 is 17.0 Å². The van der Waals surface area contributed by atoms with Crippen LogP contribution < -0.4 is 5.32 Å². The lowest BCUT2D eigenvalue weighted by atomic mass is 10.1. The number of aromatic nitrogens is 1. The third-order valence-electron chi connectivity index (χ3n) is 2.81. The Bertz CT molecular complexity index is 578. The van der Waals surface area contributed by atoms with Crippen LogP contribution in [-0.2, 0) is 0 Å². The molecule has 0 aliphatic heterocycles. The van der Waals surface area contributed by atoms with E-state index in [-0.39, 0.29) is 6.04 Å². The van der Waals surface area contributed by atoms with Gasteiger partial charge in [-0.15, -0.1) is 11.3 Å². The Labute approximate surface area is 111 Å². The molecule has 1 atom stereocenters. The number of hydrogen-bond donors (Lipinski definition) is 1. The van der Waals surface area contributed by atoms with Crippen LogP contribution >= 0.6 is 11.3 Å². The van der Waals surface area contributed by atoms with E-state index in [0.717, 1.165) is 5.69 Å². The number of thiophene rings is 1. The van der Waals surface area contributed by atoms with Gasteiger partial charge >= 0.3 is 0 Å². The largest absolute Gasteiger partial charge is 0.377 e. The summed E-state index contributed by atoms with van der Waals surface area (Å²) >= 11 is 1.82. The monoisotopic (exact) mass is 257 g/mol. The second-order valence-electron chi connectivity index (χ2n) is 4.28. The summed E-state index contributed by atoms with van der Waals surface area (Å²) < 4.78 is 0. The molecule has 0 radical (unpaired) electrons. The number of nitrogens with zero attached hydrogens (tertiary/aromatic N) is 2. The van der Waals surface area contributed by atoms with E-state index in [1.165, 1.54) is 15.3 Å². The minimum absolute atomic E-state index is 0.240. The van der Waals surface area contributed by atoms with E-state index in [4.69, 9.17) is 5.26 Å². The Morgan fingerprint density at radius 1 is 1.39 bits per heavy atom. The third kappa shape index (κ3) is 2.69. The van der Waals surface area contributed by atoms with Gasteiger partial charge in [-0.05, 0) is 44.5 Å². The van der Waals surface area contributed by atoms with Crippen LogP contribution in [0.1, 0.15) is 34.0 Å². The van der Waals surface area contributed by atoms with Crippen LogP contribution in [0.25, 0.3) is 0 Å². The SMILES string of the molecule is Cc1cc(C(C)Nc2ccc(C#N)nc2)c(C)s1. The van der Waals surface area contributed by atoms with Crippen LogP contribution in [0.15, 0.2) is 24.4 Å². The van der Waals surface area contributed by atoms with Gasteiger partial charge in [-0.3, -0.25) is 0 Å². The molecule has 2 aromatic rings. The number of anilines is 1. The van der Waals surface area contributed by atoms with Gasteiger partial charge in [0.2, 0.25) is 0 Å². The Balaban J connectivity index is 2.13. The fourth-order valence-corrected chi connectivity index (χ4v) is 2.98. The average molecular weight is 257 g/mol. The number of rotatable bonds is 3. The first kappa shape index (κ1) is 12.6. The Hall–Kier alpha value is -1.86. The zero-order chi connectivity index (χ0) is 13.1. The molecule has 2 aromatic heterocycles. The van der Waals surface area contributed by atoms with Crippen LogP contribution in [-0.4, -0.2) is 4.98 Å². The molecule has 0 aliphatic carbocycles. The maximum Gasteiger partial charge on any atom is 0.140 e. The summed E-state index contributed by atoms with van der Waals surface area (Å²) in [5.41, 5.74) is 2.70. The number of nitrogens with one attached hydrogen (secondary N) is 1. The molecule has 3 nitrogen and oxygen atoms in total. The Morgan fingerprint density at radius 3 is 2.67 bits per heavy atom. The summed E-state index contributed by atoms with van der Waals surface area (Å²) in [5, 5.41) is 12.1. The lowest BCUT2D eigenvalue weighted by Crippen LogP contribution is -2.07. The lowest BCUT2D eigenvalue weighted by Gasteiger charge is -2.15. The summed E-state index contributed by atoms with van der Waals surface area (Å²) in [6, 6.07) is 8.08. The summed E-state index contributed by atoms with van der Waals surface area (Å²) in [6.07, 6.45) is 1.70. The minimum atomic E-state index is 0.240. The summed E-state index contributed by atoms with van der Waals surface area (Å²) in [7, 11) is 0. The molecular formula is C14H15N3S. The van der Waals surface area contributed by atoms with Crippen molar-refractivity contribution in [3.8, 4) is 6.07 Å². The predicted molar refractivity (Wildman–Crippen MR) is 74.8 cm³/mol. The molecule has 2 heterocycles. The molecular weight excluding hydrogens is 242 g/mol. The van der Waals surface area contributed by atoms with Crippen LogP contribution in [0.3, 0.4) is 0 Å². The summed E-state index contributed by atoms with van der Waals surface area (Å²) in [6.45, 7) is 6.39. The van der Waals surface area contributed by atoms with E-state index < -0.39 is 0 Å². The van der Waals surface area contributed by atoms with Crippen molar-refractivity contribution in [3.63, 3.8) is 0 Å². The predicted octanol–water partition coefficient (Wildman–Crippen LogP) is 3.80. The first-order valence-corrected chi connectivity index (χ1v) is 6.61. The van der Waals surface area contributed by atoms with E-state index in [2.05, 4.69) is 37.1 Å². The fourth-order valence-electron chi connectivity index (χ4n) is 1.95. The molecule has 0 spiro atoms. The van der Waals surface area contributed by atoms with Crippen LogP contribution in [0, 0.1) is 25.2 Å². The highest BCUT2D eigenvalue weighted by Crippen LogP contribution is 2.28. The maximum atomic E-state index is 8.70. The highest BCUT2D eigenvalue weighted by atomic mass is 32.1. The van der Waals surface area contributed by atoms with Gasteiger partial charge < -0.3 is 5.32 Å². The van der Waals surface area contributed by atoms with E-state index in [1.807, 2.05) is 23.5 Å². The molecule has 2 rings (SSSR count). The third-order valence-corrected chi connectivity index (χ3v) is 3.79. The summed E-state index contributed by atoms with van der Waals surface area (Å²) in [4.78, 5) is 6.72. The van der Waals surface area contributed by atoms with Gasteiger partial charge in [-0.2, -0.15) is 5.26 Å². The number of hydrogen-bond acceptors (Lipinski definition) is 4. The van der Waals surface area contributed by atoms with Crippen LogP contribution in [0.4, 0.5) is 5.69 Å². The topological polar surface area (TPSA) is 48.7 Å². The van der Waals surface area contributed by atoms with E-state index >= 15 is 0 Å². The highest BCUT2D eigenvalue weighted by Gasteiger charge is 2.11. The second kappa shape index (κ2) is 5.19. The Morgan fingerprint density at radius 2 is 2.17 bits per heavy atom. The molecule has 0 saturated carbocycles. The van der Waals surface area contributed by atoms with Crippen molar-refractivity contribution < 1.29 is 0 Å². The first-order chi connectivity index (χ1) is 8.60. The Kier molecular flexibility index (Phi) is 3.63. The van der Waals surface area contributed by atoms with Gasteiger partial charge in [-0.1, -0.05) is 0 Å². The van der Waals surface area contributed by atoms with Gasteiger partial charge in [0.25, 0.3) is 0 Å². The molecule has 0 amide bonds. The number of pyridine rings is 1. The molecule has 0 bridgehead atoms. The molecule has 18 heavy (non-hydrogen) atoms. The zero-order valence-electron chi connectivity index (χ0n) is 10.7. The van der Waals surface area contributed by atoms with E-state index in [0.29, 0.717) is 5.69 Å². The van der Waals surface area contributed by atoms with Crippen LogP contribution in [0.2, 0.25) is 0 Å². The van der Waals surface area contributed by atoms with Gasteiger partial charge in [0.05, 0.1) is 11.9 Å². The fraction of sp³-hybridized carbons (Fsp3) is 0.286. The van der Waals surface area contributed by atoms with Crippen molar-refractivity contribution in [1.29, 1.82) is 5.26 Å². The van der Waals surface area contributed by atoms with Crippen LogP contribution in [0.5, 0.6) is 0 Å². The van der Waals surface area contributed by atoms with Gasteiger partial charge in [0.15, 0.2) is 0 Å². The molecule has 0 aromatic carbocycles. The zero-order valence-corrected chi connectivity index (χ0v) is 11.5. The molecule has 0 aliphatic rings. The maximum absolute atomic E-state index is 8.70. The molecule has 0 saturated heterocycles. The van der Waals surface area contributed by atoms with Gasteiger partial charge in [0, 0.05) is 15.8 Å². The molecule has 1 unspecified atom stereocenters. The molecule has 0 fully saturated rings. The smallest absolute Gasteiger partial charge is 0.140 e. The van der Waals surface area contributed by atoms with E-state index in [1.54, 1.807) is 12.3 Å². The van der Waals surface area contributed by atoms with E-state index in [9.17, 15) is 0 Å². The number of aryl methyl sites for hydroxylation is 2. The van der Waals surface area contributed by atoms with Crippen molar-refractivity contribution in [2.75, 3.05) is 5.32 Å².